The van der Waals surface area contributed by atoms with Crippen molar-refractivity contribution in [2.75, 3.05) is 17.7 Å². The number of allylic oxidation sites excluding steroid dienone is 1. The molecule has 0 atom stereocenters. The van der Waals surface area contributed by atoms with Crippen LogP contribution in [0.2, 0.25) is 0 Å². The Kier molecular flexibility index (Phi) is 4.40. The van der Waals surface area contributed by atoms with Gasteiger partial charge in [-0.1, -0.05) is 13.5 Å². The van der Waals surface area contributed by atoms with Crippen LogP contribution in [0.3, 0.4) is 0 Å². The van der Waals surface area contributed by atoms with Crippen molar-refractivity contribution in [2.24, 2.45) is 7.05 Å². The lowest BCUT2D eigenvalue weighted by molar-refractivity contribution is 0.882. The molecular formula is C15H21N5. The van der Waals surface area contributed by atoms with Gasteiger partial charge in [0.1, 0.15) is 11.6 Å². The molecular weight excluding hydrogens is 250 g/mol. The fraction of sp³-hybridized carbons (Fsp3) is 0.333. The van der Waals surface area contributed by atoms with E-state index in [9.17, 15) is 0 Å². The van der Waals surface area contributed by atoms with Gasteiger partial charge in [0.15, 0.2) is 0 Å². The first-order valence-corrected chi connectivity index (χ1v) is 6.72. The molecule has 5 nitrogen and oxygen atoms in total. The van der Waals surface area contributed by atoms with Crippen molar-refractivity contribution in [1.29, 1.82) is 0 Å². The summed E-state index contributed by atoms with van der Waals surface area (Å²) in [5, 5.41) is 6.37. The van der Waals surface area contributed by atoms with Crippen LogP contribution in [-0.4, -0.2) is 21.6 Å². The lowest BCUT2D eigenvalue weighted by atomic mass is 10.2. The lowest BCUT2D eigenvalue weighted by Crippen LogP contribution is -2.01. The summed E-state index contributed by atoms with van der Waals surface area (Å²) in [6.45, 7) is 6.81. The SMILES string of the molecule is C=C(CC)c1nc(CNc2ccnc(NC)c2)cn1C. The number of aryl methyl sites for hydroxylation is 1. The van der Waals surface area contributed by atoms with Gasteiger partial charge in [0.05, 0.1) is 12.2 Å². The van der Waals surface area contributed by atoms with Gasteiger partial charge in [0, 0.05) is 38.2 Å². The molecule has 0 saturated heterocycles. The summed E-state index contributed by atoms with van der Waals surface area (Å²) in [5.41, 5.74) is 3.07. The highest BCUT2D eigenvalue weighted by Crippen LogP contribution is 2.16. The summed E-state index contributed by atoms with van der Waals surface area (Å²) in [6.07, 6.45) is 4.72. The first-order chi connectivity index (χ1) is 9.63. The normalized spacial score (nSPS) is 10.3. The fourth-order valence-corrected chi connectivity index (χ4v) is 1.97. The smallest absolute Gasteiger partial charge is 0.135 e. The number of aromatic nitrogens is 3. The zero-order valence-electron chi connectivity index (χ0n) is 12.3. The Balaban J connectivity index is 2.05. The number of hydrogen-bond donors (Lipinski definition) is 2. The minimum Gasteiger partial charge on any atom is -0.379 e. The second-order valence-electron chi connectivity index (χ2n) is 4.66. The van der Waals surface area contributed by atoms with Crippen LogP contribution in [0.1, 0.15) is 24.9 Å². The Morgan fingerprint density at radius 3 is 2.95 bits per heavy atom. The van der Waals surface area contributed by atoms with E-state index in [4.69, 9.17) is 0 Å². The summed E-state index contributed by atoms with van der Waals surface area (Å²) in [4.78, 5) is 8.79. The van der Waals surface area contributed by atoms with E-state index < -0.39 is 0 Å². The molecule has 2 aromatic rings. The summed E-state index contributed by atoms with van der Waals surface area (Å²) >= 11 is 0. The number of rotatable bonds is 6. The maximum Gasteiger partial charge on any atom is 0.135 e. The van der Waals surface area contributed by atoms with E-state index in [0.29, 0.717) is 6.54 Å². The zero-order valence-corrected chi connectivity index (χ0v) is 12.3. The Hall–Kier alpha value is -2.30. The summed E-state index contributed by atoms with van der Waals surface area (Å²) in [5.74, 6) is 1.80. The largest absolute Gasteiger partial charge is 0.379 e. The maximum atomic E-state index is 4.61. The third kappa shape index (κ3) is 3.17. The third-order valence-electron chi connectivity index (χ3n) is 3.16. The molecule has 0 aliphatic rings. The van der Waals surface area contributed by atoms with Gasteiger partial charge in [0.2, 0.25) is 0 Å². The van der Waals surface area contributed by atoms with Gasteiger partial charge in [-0.25, -0.2) is 9.97 Å². The molecule has 0 amide bonds. The molecule has 0 aliphatic heterocycles. The number of nitrogens with one attached hydrogen (secondary N) is 2. The fourth-order valence-electron chi connectivity index (χ4n) is 1.97. The van der Waals surface area contributed by atoms with Crippen LogP contribution in [0.5, 0.6) is 0 Å². The highest BCUT2D eigenvalue weighted by atomic mass is 15.1. The quantitative estimate of drug-likeness (QED) is 0.848. The van der Waals surface area contributed by atoms with Gasteiger partial charge in [0.25, 0.3) is 0 Å². The van der Waals surface area contributed by atoms with E-state index >= 15 is 0 Å². The average molecular weight is 271 g/mol. The van der Waals surface area contributed by atoms with E-state index in [0.717, 1.165) is 35.0 Å². The molecule has 0 spiro atoms. The summed E-state index contributed by atoms with van der Waals surface area (Å²) in [7, 11) is 3.85. The van der Waals surface area contributed by atoms with Gasteiger partial charge in [-0.3, -0.25) is 0 Å². The second-order valence-corrected chi connectivity index (χ2v) is 4.66. The molecule has 106 valence electrons. The van der Waals surface area contributed by atoms with E-state index in [1.54, 1.807) is 6.20 Å². The molecule has 0 aromatic carbocycles. The van der Waals surface area contributed by atoms with E-state index in [1.807, 2.05) is 37.0 Å². The van der Waals surface area contributed by atoms with Crippen LogP contribution in [0.25, 0.3) is 5.57 Å². The van der Waals surface area contributed by atoms with E-state index in [1.165, 1.54) is 0 Å². The Bertz CT molecular complexity index is 600. The van der Waals surface area contributed by atoms with Crippen molar-refractivity contribution in [3.63, 3.8) is 0 Å². The molecule has 0 fully saturated rings. The second kappa shape index (κ2) is 6.23. The molecule has 5 heteroatoms. The monoisotopic (exact) mass is 271 g/mol. The minimum absolute atomic E-state index is 0.679. The molecule has 0 unspecified atom stereocenters. The molecule has 0 bridgehead atoms. The lowest BCUT2D eigenvalue weighted by Gasteiger charge is -2.05. The molecule has 2 N–H and O–H groups in total. The minimum atomic E-state index is 0.679. The molecule has 0 radical (unpaired) electrons. The van der Waals surface area contributed by atoms with Crippen molar-refractivity contribution in [1.82, 2.24) is 14.5 Å². The van der Waals surface area contributed by atoms with Crippen LogP contribution in [0.15, 0.2) is 31.1 Å². The van der Waals surface area contributed by atoms with Crippen molar-refractivity contribution < 1.29 is 0 Å². The van der Waals surface area contributed by atoms with Crippen LogP contribution in [-0.2, 0) is 13.6 Å². The number of hydrogen-bond acceptors (Lipinski definition) is 4. The molecule has 0 saturated carbocycles. The molecule has 2 aromatic heterocycles. The van der Waals surface area contributed by atoms with Gasteiger partial charge in [-0.2, -0.15) is 0 Å². The molecule has 0 aliphatic carbocycles. The number of nitrogens with zero attached hydrogens (tertiary/aromatic N) is 3. The first kappa shape index (κ1) is 14.1. The first-order valence-electron chi connectivity index (χ1n) is 6.72. The number of imidazole rings is 1. The Labute approximate surface area is 119 Å². The van der Waals surface area contributed by atoms with Gasteiger partial charge < -0.3 is 15.2 Å². The van der Waals surface area contributed by atoms with Crippen molar-refractivity contribution in [3.8, 4) is 0 Å². The van der Waals surface area contributed by atoms with E-state index in [-0.39, 0.29) is 0 Å². The van der Waals surface area contributed by atoms with Crippen LogP contribution >= 0.6 is 0 Å². The average Bonchev–Trinajstić information content (AvgIpc) is 2.85. The number of anilines is 2. The van der Waals surface area contributed by atoms with Gasteiger partial charge in [-0.15, -0.1) is 0 Å². The van der Waals surface area contributed by atoms with Gasteiger partial charge >= 0.3 is 0 Å². The topological polar surface area (TPSA) is 54.8 Å². The standard InChI is InChI=1S/C15H21N5/c1-5-11(2)15-19-13(10-20(15)4)9-18-12-6-7-17-14(8-12)16-3/h6-8,10H,2,5,9H2,1,3-4H3,(H2,16,17,18). The van der Waals surface area contributed by atoms with Crippen LogP contribution < -0.4 is 10.6 Å². The predicted octanol–water partition coefficient (Wildman–Crippen LogP) is 2.89. The summed E-state index contributed by atoms with van der Waals surface area (Å²) in [6, 6.07) is 3.91. The molecule has 2 rings (SSSR count). The van der Waals surface area contributed by atoms with Gasteiger partial charge in [-0.05, 0) is 18.1 Å². The van der Waals surface area contributed by atoms with Crippen molar-refractivity contribution >= 4 is 17.1 Å². The van der Waals surface area contributed by atoms with Crippen molar-refractivity contribution in [2.45, 2.75) is 19.9 Å². The highest BCUT2D eigenvalue weighted by Gasteiger charge is 2.07. The molecule has 2 heterocycles. The molecule has 20 heavy (non-hydrogen) atoms. The van der Waals surface area contributed by atoms with E-state index in [2.05, 4.69) is 34.1 Å². The van der Waals surface area contributed by atoms with Crippen molar-refractivity contribution in [3.05, 3.63) is 42.6 Å². The maximum absolute atomic E-state index is 4.61. The Morgan fingerprint density at radius 2 is 2.25 bits per heavy atom. The van der Waals surface area contributed by atoms with Crippen LogP contribution in [0.4, 0.5) is 11.5 Å². The number of pyridine rings is 1. The summed E-state index contributed by atoms with van der Waals surface area (Å²) < 4.78 is 2.02. The predicted molar refractivity (Wildman–Crippen MR) is 83.6 cm³/mol. The highest BCUT2D eigenvalue weighted by molar-refractivity contribution is 5.57. The Morgan fingerprint density at radius 1 is 1.45 bits per heavy atom. The zero-order chi connectivity index (χ0) is 14.5. The third-order valence-corrected chi connectivity index (χ3v) is 3.16. The van der Waals surface area contributed by atoms with Crippen LogP contribution in [0, 0.1) is 0 Å².